The Hall–Kier alpha value is -1.99. The van der Waals surface area contributed by atoms with Gasteiger partial charge in [-0.2, -0.15) is 13.2 Å². The number of hydrogen-bond acceptors (Lipinski definition) is 2. The predicted molar refractivity (Wildman–Crippen MR) is 88.3 cm³/mol. The van der Waals surface area contributed by atoms with Gasteiger partial charge in [0.25, 0.3) is 5.91 Å². The van der Waals surface area contributed by atoms with Gasteiger partial charge in [-0.3, -0.25) is 4.79 Å². The van der Waals surface area contributed by atoms with Crippen molar-refractivity contribution in [2.45, 2.75) is 6.18 Å². The molecule has 0 radical (unpaired) electrons. The van der Waals surface area contributed by atoms with Gasteiger partial charge in [0, 0.05) is 15.5 Å². The van der Waals surface area contributed by atoms with Gasteiger partial charge in [0.15, 0.2) is 5.76 Å². The van der Waals surface area contributed by atoms with E-state index in [-0.39, 0.29) is 11.4 Å². The fraction of sp³-hybridized carbons (Fsp3) is 0.0625. The van der Waals surface area contributed by atoms with E-state index in [1.807, 2.05) is 0 Å². The first-order chi connectivity index (χ1) is 11.3. The summed E-state index contributed by atoms with van der Waals surface area (Å²) in [5.74, 6) is -0.672. The van der Waals surface area contributed by atoms with Crippen LogP contribution in [-0.2, 0) is 6.18 Å². The summed E-state index contributed by atoms with van der Waals surface area (Å²) in [5.41, 5.74) is -0.563. The number of halogens is 5. The maximum absolute atomic E-state index is 12.9. The summed E-state index contributed by atoms with van der Waals surface area (Å²) >= 11 is 8.88. The molecule has 1 heterocycles. The number of carbonyl (C=O) groups excluding carboxylic acids is 1. The van der Waals surface area contributed by atoms with Crippen LogP contribution in [0.1, 0.15) is 16.1 Å². The van der Waals surface area contributed by atoms with Crippen molar-refractivity contribution in [3.8, 4) is 0 Å². The number of benzene rings is 2. The molecule has 0 aliphatic heterocycles. The van der Waals surface area contributed by atoms with Gasteiger partial charge in [-0.15, -0.1) is 0 Å². The summed E-state index contributed by atoms with van der Waals surface area (Å²) < 4.78 is 44.7. The van der Waals surface area contributed by atoms with Crippen LogP contribution in [0.5, 0.6) is 0 Å². The molecule has 1 amide bonds. The summed E-state index contributed by atoms with van der Waals surface area (Å²) in [4.78, 5) is 12.2. The van der Waals surface area contributed by atoms with Crippen molar-refractivity contribution in [3.63, 3.8) is 0 Å². The van der Waals surface area contributed by atoms with Crippen LogP contribution < -0.4 is 5.32 Å². The van der Waals surface area contributed by atoms with Gasteiger partial charge in [0.2, 0.25) is 0 Å². The number of amides is 1. The Kier molecular flexibility index (Phi) is 4.31. The topological polar surface area (TPSA) is 42.2 Å². The summed E-state index contributed by atoms with van der Waals surface area (Å²) in [7, 11) is 0. The lowest BCUT2D eigenvalue weighted by molar-refractivity contribution is -0.137. The second-order valence-corrected chi connectivity index (χ2v) is 6.17. The molecule has 0 saturated carbocycles. The van der Waals surface area contributed by atoms with Crippen molar-refractivity contribution in [1.29, 1.82) is 0 Å². The third kappa shape index (κ3) is 3.27. The first kappa shape index (κ1) is 16.9. The van der Waals surface area contributed by atoms with Crippen LogP contribution >= 0.6 is 27.5 Å². The van der Waals surface area contributed by atoms with E-state index in [2.05, 4.69) is 21.2 Å². The molecule has 0 saturated heterocycles. The minimum absolute atomic E-state index is 0.0135. The van der Waals surface area contributed by atoms with E-state index in [1.165, 1.54) is 12.1 Å². The van der Waals surface area contributed by atoms with Crippen molar-refractivity contribution < 1.29 is 22.4 Å². The summed E-state index contributed by atoms with van der Waals surface area (Å²) in [6.07, 6.45) is -4.61. The predicted octanol–water partition coefficient (Wildman–Crippen LogP) is 6.12. The summed E-state index contributed by atoms with van der Waals surface area (Å²) in [6.45, 7) is 0. The average Bonchev–Trinajstić information content (AvgIpc) is 2.94. The van der Waals surface area contributed by atoms with Crippen molar-refractivity contribution in [2.24, 2.45) is 0 Å². The molecule has 3 rings (SSSR count). The molecule has 0 atom stereocenters. The van der Waals surface area contributed by atoms with Crippen molar-refractivity contribution in [3.05, 3.63) is 63.3 Å². The van der Waals surface area contributed by atoms with E-state index in [1.54, 1.807) is 18.2 Å². The molecule has 0 fully saturated rings. The quantitative estimate of drug-likeness (QED) is 0.545. The van der Waals surface area contributed by atoms with Gasteiger partial charge >= 0.3 is 6.18 Å². The zero-order valence-electron chi connectivity index (χ0n) is 11.7. The lowest BCUT2D eigenvalue weighted by Gasteiger charge is -2.11. The number of nitrogens with one attached hydrogen (secondary N) is 1. The van der Waals surface area contributed by atoms with E-state index >= 15 is 0 Å². The number of hydrogen-bond donors (Lipinski definition) is 1. The molecule has 3 nitrogen and oxygen atoms in total. The first-order valence-electron chi connectivity index (χ1n) is 6.62. The van der Waals surface area contributed by atoms with Crippen molar-refractivity contribution >= 4 is 50.1 Å². The Morgan fingerprint density at radius 3 is 2.58 bits per heavy atom. The van der Waals surface area contributed by atoms with Crippen molar-refractivity contribution in [1.82, 2.24) is 0 Å². The molecule has 124 valence electrons. The number of furan rings is 1. The van der Waals surface area contributed by atoms with Gasteiger partial charge in [0.05, 0.1) is 10.6 Å². The Morgan fingerprint density at radius 1 is 1.17 bits per heavy atom. The zero-order chi connectivity index (χ0) is 17.5. The molecule has 24 heavy (non-hydrogen) atoms. The van der Waals surface area contributed by atoms with Crippen LogP contribution in [0.15, 0.2) is 51.4 Å². The van der Waals surface area contributed by atoms with E-state index in [0.717, 1.165) is 16.6 Å². The van der Waals surface area contributed by atoms with E-state index in [4.69, 9.17) is 16.0 Å². The monoisotopic (exact) mass is 417 g/mol. The number of carbonyl (C=O) groups is 1. The molecule has 0 bridgehead atoms. The Bertz CT molecular complexity index is 937. The molecular weight excluding hydrogens is 411 g/mol. The minimum atomic E-state index is -4.61. The van der Waals surface area contributed by atoms with Gasteiger partial charge in [-0.25, -0.2) is 0 Å². The highest BCUT2D eigenvalue weighted by atomic mass is 79.9. The smallest absolute Gasteiger partial charge is 0.417 e. The number of rotatable bonds is 2. The maximum atomic E-state index is 12.9. The van der Waals surface area contributed by atoms with Gasteiger partial charge in [0.1, 0.15) is 5.58 Å². The SMILES string of the molecule is O=C(Nc1ccc(Cl)c(C(F)(F)F)c1)c1cc2c(Br)cccc2o1. The number of alkyl halides is 3. The summed E-state index contributed by atoms with van der Waals surface area (Å²) in [5, 5.41) is 2.62. The molecule has 0 unspecified atom stereocenters. The van der Waals surface area contributed by atoms with Crippen LogP contribution in [0, 0.1) is 0 Å². The molecule has 8 heteroatoms. The second kappa shape index (κ2) is 6.14. The molecular formula is C16H8BrClF3NO2. The Labute approximate surface area is 147 Å². The fourth-order valence-corrected chi connectivity index (χ4v) is 2.84. The molecule has 0 spiro atoms. The molecule has 3 aromatic rings. The molecule has 1 N–H and O–H groups in total. The van der Waals surface area contributed by atoms with E-state index in [0.29, 0.717) is 11.0 Å². The van der Waals surface area contributed by atoms with E-state index < -0.39 is 22.7 Å². The lowest BCUT2D eigenvalue weighted by Crippen LogP contribution is -2.12. The fourth-order valence-electron chi connectivity index (χ4n) is 2.15. The third-order valence-corrected chi connectivity index (χ3v) is 4.28. The zero-order valence-corrected chi connectivity index (χ0v) is 14.1. The molecule has 1 aromatic heterocycles. The van der Waals surface area contributed by atoms with Crippen LogP contribution in [0.3, 0.4) is 0 Å². The van der Waals surface area contributed by atoms with Crippen LogP contribution in [0.2, 0.25) is 5.02 Å². The largest absolute Gasteiger partial charge is 0.451 e. The molecule has 2 aromatic carbocycles. The highest BCUT2D eigenvalue weighted by molar-refractivity contribution is 9.10. The highest BCUT2D eigenvalue weighted by Crippen LogP contribution is 2.36. The average molecular weight is 419 g/mol. The number of anilines is 1. The standard InChI is InChI=1S/C16H8BrClF3NO2/c17-11-2-1-3-13-9(11)7-14(24-13)15(23)22-8-4-5-12(18)10(6-8)16(19,20)21/h1-7H,(H,22,23). The van der Waals surface area contributed by atoms with Crippen molar-refractivity contribution in [2.75, 3.05) is 5.32 Å². The minimum Gasteiger partial charge on any atom is -0.451 e. The first-order valence-corrected chi connectivity index (χ1v) is 7.79. The van der Waals surface area contributed by atoms with Gasteiger partial charge in [-0.05, 0) is 36.4 Å². The second-order valence-electron chi connectivity index (χ2n) is 4.91. The molecule has 0 aliphatic rings. The molecule has 0 aliphatic carbocycles. The van der Waals surface area contributed by atoms with Gasteiger partial charge < -0.3 is 9.73 Å². The Morgan fingerprint density at radius 2 is 1.92 bits per heavy atom. The maximum Gasteiger partial charge on any atom is 0.417 e. The van der Waals surface area contributed by atoms with Gasteiger partial charge in [-0.1, -0.05) is 33.6 Å². The van der Waals surface area contributed by atoms with Crippen LogP contribution in [0.25, 0.3) is 11.0 Å². The number of fused-ring (bicyclic) bond motifs is 1. The lowest BCUT2D eigenvalue weighted by atomic mass is 10.2. The normalized spacial score (nSPS) is 11.7. The highest BCUT2D eigenvalue weighted by Gasteiger charge is 2.33. The third-order valence-electron chi connectivity index (χ3n) is 3.26. The van der Waals surface area contributed by atoms with Crippen LogP contribution in [0.4, 0.5) is 18.9 Å². The summed E-state index contributed by atoms with van der Waals surface area (Å²) in [6, 6.07) is 9.86. The van der Waals surface area contributed by atoms with E-state index in [9.17, 15) is 18.0 Å². The van der Waals surface area contributed by atoms with Crippen LogP contribution in [-0.4, -0.2) is 5.91 Å². The Balaban J connectivity index is 1.90.